The van der Waals surface area contributed by atoms with Gasteiger partial charge < -0.3 is 44.5 Å². The van der Waals surface area contributed by atoms with Crippen LogP contribution in [0.2, 0.25) is 5.02 Å². The van der Waals surface area contributed by atoms with Crippen LogP contribution in [0.25, 0.3) is 22.4 Å². The molecular weight excluding hydrogens is 797 g/mol. The third-order valence-corrected chi connectivity index (χ3v) is 10.3. The number of halogens is 4. The van der Waals surface area contributed by atoms with E-state index in [1.165, 1.54) is 19.4 Å². The molecule has 0 aliphatic carbocycles. The van der Waals surface area contributed by atoms with Gasteiger partial charge in [0.15, 0.2) is 0 Å². The minimum atomic E-state index is -5.06. The van der Waals surface area contributed by atoms with Crippen LogP contribution in [0.15, 0.2) is 60.9 Å². The molecule has 2 fully saturated rings. The summed E-state index contributed by atoms with van der Waals surface area (Å²) in [6.07, 6.45) is -2.60. The second-order valence-electron chi connectivity index (χ2n) is 15.0. The standard InChI is InChI=1S/C40H44ClF3N8O7/c1-39(2,3)37(55)51-14-12-50(13-15-51)33-11-10-25(19-45-33)36(54)49-29-18-32(59-40(42,43)44)27(17-28(29)41)23-6-8-24(9-7-23)30-20-46-35(48-30)31-16-26(57-4)22-52(31)34(53)21-47-38(56)58-5/h6-11,17-20,26,31H,12-16,21-22H2,1-5H3,(H,46,48)(H,47,56)(H,49,54). The van der Waals surface area contributed by atoms with Crippen LogP contribution >= 0.6 is 11.6 Å². The normalized spacial score (nSPS) is 17.1. The number of piperazine rings is 1. The predicted molar refractivity (Wildman–Crippen MR) is 212 cm³/mol. The molecule has 3 N–H and O–H groups in total. The van der Waals surface area contributed by atoms with Crippen LogP contribution in [0.1, 0.15) is 49.4 Å². The van der Waals surface area contributed by atoms with Gasteiger partial charge in [0.1, 0.15) is 23.9 Å². The van der Waals surface area contributed by atoms with Crippen LogP contribution in [0.5, 0.6) is 5.75 Å². The van der Waals surface area contributed by atoms with Crippen molar-refractivity contribution < 1.29 is 46.6 Å². The molecule has 6 rings (SSSR count). The van der Waals surface area contributed by atoms with Crippen LogP contribution in [0.4, 0.5) is 29.5 Å². The molecular formula is C40H44ClF3N8O7. The van der Waals surface area contributed by atoms with Gasteiger partial charge in [-0.05, 0) is 23.8 Å². The lowest BCUT2D eigenvalue weighted by Gasteiger charge is -2.38. The Morgan fingerprint density at radius 3 is 2.27 bits per heavy atom. The van der Waals surface area contributed by atoms with E-state index in [0.29, 0.717) is 61.1 Å². The average molecular weight is 841 g/mol. The largest absolute Gasteiger partial charge is 0.573 e. The SMILES string of the molecule is COC(=O)NCC(=O)N1CC(OC)CC1c1nc(-c2ccc(-c3cc(Cl)c(NC(=O)c4ccc(N5CCN(C(=O)C(C)(C)C)CC5)nc4)cc3OC(F)(F)F)cc2)c[nH]1. The summed E-state index contributed by atoms with van der Waals surface area (Å²) in [4.78, 5) is 68.0. The lowest BCUT2D eigenvalue weighted by molar-refractivity contribution is -0.274. The molecule has 0 saturated carbocycles. The molecule has 314 valence electrons. The van der Waals surface area contributed by atoms with Crippen molar-refractivity contribution in [2.75, 3.05) is 63.7 Å². The van der Waals surface area contributed by atoms with Crippen molar-refractivity contribution in [2.24, 2.45) is 5.41 Å². The van der Waals surface area contributed by atoms with E-state index in [0.717, 1.165) is 6.07 Å². The van der Waals surface area contributed by atoms with Crippen molar-refractivity contribution in [1.82, 2.24) is 30.1 Å². The van der Waals surface area contributed by atoms with Gasteiger partial charge in [-0.25, -0.2) is 14.8 Å². The Hall–Kier alpha value is -5.88. The van der Waals surface area contributed by atoms with Gasteiger partial charge in [0, 0.05) is 81.3 Å². The number of methoxy groups -OCH3 is 2. The lowest BCUT2D eigenvalue weighted by Crippen LogP contribution is -2.51. The number of H-pyrrole nitrogens is 1. The number of carbonyl (C=O) groups excluding carboxylic acids is 4. The van der Waals surface area contributed by atoms with E-state index in [4.69, 9.17) is 21.3 Å². The monoisotopic (exact) mass is 840 g/mol. The predicted octanol–water partition coefficient (Wildman–Crippen LogP) is 6.28. The number of benzene rings is 2. The number of aromatic amines is 1. The number of nitrogens with zero attached hydrogens (tertiary/aromatic N) is 5. The van der Waals surface area contributed by atoms with Crippen molar-refractivity contribution in [1.29, 1.82) is 0 Å². The highest BCUT2D eigenvalue weighted by Gasteiger charge is 2.38. The first-order valence-corrected chi connectivity index (χ1v) is 19.0. The number of pyridine rings is 1. The number of ether oxygens (including phenoxy) is 3. The van der Waals surface area contributed by atoms with Gasteiger partial charge in [0.05, 0.1) is 41.2 Å². The summed E-state index contributed by atoms with van der Waals surface area (Å²) in [5, 5.41) is 4.91. The Kier molecular flexibility index (Phi) is 12.7. The number of imidazole rings is 1. The Labute approximate surface area is 343 Å². The quantitative estimate of drug-likeness (QED) is 0.165. The minimum Gasteiger partial charge on any atom is -0.453 e. The molecule has 2 atom stereocenters. The highest BCUT2D eigenvalue weighted by atomic mass is 35.5. The number of hydrogen-bond acceptors (Lipinski definition) is 10. The van der Waals surface area contributed by atoms with E-state index >= 15 is 0 Å². The third-order valence-electron chi connectivity index (χ3n) is 9.98. The lowest BCUT2D eigenvalue weighted by atomic mass is 9.94. The molecule has 4 amide bonds. The maximum absolute atomic E-state index is 13.7. The van der Waals surface area contributed by atoms with Crippen LogP contribution in [0, 0.1) is 5.41 Å². The van der Waals surface area contributed by atoms with Crippen LogP contribution < -0.4 is 20.3 Å². The molecule has 4 heterocycles. The number of carbonyl (C=O) groups is 4. The van der Waals surface area contributed by atoms with E-state index in [1.807, 2.05) is 30.6 Å². The molecule has 0 spiro atoms. The molecule has 2 saturated heterocycles. The molecule has 2 aliphatic heterocycles. The summed E-state index contributed by atoms with van der Waals surface area (Å²) in [5.41, 5.74) is 1.03. The first-order chi connectivity index (χ1) is 27.9. The summed E-state index contributed by atoms with van der Waals surface area (Å²) in [5.74, 6) is -0.427. The summed E-state index contributed by atoms with van der Waals surface area (Å²) < 4.78 is 55.5. The van der Waals surface area contributed by atoms with Crippen molar-refractivity contribution in [3.05, 3.63) is 77.3 Å². The van der Waals surface area contributed by atoms with E-state index in [9.17, 15) is 32.3 Å². The molecule has 0 bridgehead atoms. The van der Waals surface area contributed by atoms with Gasteiger partial charge in [-0.15, -0.1) is 13.2 Å². The zero-order chi connectivity index (χ0) is 42.6. The summed E-state index contributed by atoms with van der Waals surface area (Å²) in [7, 11) is 2.74. The van der Waals surface area contributed by atoms with Gasteiger partial charge in [-0.3, -0.25) is 14.4 Å². The number of amides is 4. The van der Waals surface area contributed by atoms with Crippen molar-refractivity contribution >= 4 is 46.9 Å². The number of aromatic nitrogens is 3. The van der Waals surface area contributed by atoms with Gasteiger partial charge >= 0.3 is 12.5 Å². The fourth-order valence-corrected chi connectivity index (χ4v) is 7.11. The number of rotatable bonds is 10. The van der Waals surface area contributed by atoms with Crippen LogP contribution in [-0.2, 0) is 19.1 Å². The second kappa shape index (κ2) is 17.5. The van der Waals surface area contributed by atoms with Gasteiger partial charge in [0.25, 0.3) is 5.91 Å². The number of likely N-dealkylation sites (tertiary alicyclic amines) is 1. The highest BCUT2D eigenvalue weighted by molar-refractivity contribution is 6.34. The molecule has 2 unspecified atom stereocenters. The number of alkyl carbamates (subject to hydrolysis) is 1. The Bertz CT molecular complexity index is 2170. The van der Waals surface area contributed by atoms with Crippen LogP contribution in [-0.4, -0.2) is 115 Å². The minimum absolute atomic E-state index is 0.0150. The highest BCUT2D eigenvalue weighted by Crippen LogP contribution is 2.41. The first kappa shape index (κ1) is 42.7. The summed E-state index contributed by atoms with van der Waals surface area (Å²) in [6.45, 7) is 7.84. The van der Waals surface area contributed by atoms with Gasteiger partial charge in [-0.1, -0.05) is 56.6 Å². The topological polar surface area (TPSA) is 171 Å². The Balaban J connectivity index is 1.15. The van der Waals surface area contributed by atoms with Crippen LogP contribution in [0.3, 0.4) is 0 Å². The molecule has 2 aromatic heterocycles. The van der Waals surface area contributed by atoms with Crippen molar-refractivity contribution in [3.8, 4) is 28.1 Å². The molecule has 15 nitrogen and oxygen atoms in total. The molecule has 4 aromatic rings. The summed E-state index contributed by atoms with van der Waals surface area (Å²) >= 11 is 6.55. The fourth-order valence-electron chi connectivity index (χ4n) is 6.90. The Morgan fingerprint density at radius 2 is 1.66 bits per heavy atom. The number of anilines is 2. The maximum Gasteiger partial charge on any atom is 0.573 e. The molecule has 2 aliphatic rings. The number of alkyl halides is 3. The molecule has 2 aromatic carbocycles. The maximum atomic E-state index is 13.7. The fraction of sp³-hybridized carbons (Fsp3) is 0.400. The van der Waals surface area contributed by atoms with Crippen molar-refractivity contribution in [2.45, 2.75) is 45.7 Å². The smallest absolute Gasteiger partial charge is 0.453 e. The molecule has 19 heteroatoms. The Morgan fingerprint density at radius 1 is 0.966 bits per heavy atom. The summed E-state index contributed by atoms with van der Waals surface area (Å²) in [6, 6.07) is 11.5. The van der Waals surface area contributed by atoms with E-state index in [1.54, 1.807) is 54.6 Å². The van der Waals surface area contributed by atoms with E-state index in [-0.39, 0.29) is 52.8 Å². The zero-order valence-electron chi connectivity index (χ0n) is 33.0. The number of hydrogen-bond donors (Lipinski definition) is 3. The average Bonchev–Trinajstić information content (AvgIpc) is 3.88. The molecule has 0 radical (unpaired) electrons. The number of nitrogens with one attached hydrogen (secondary N) is 3. The van der Waals surface area contributed by atoms with Gasteiger partial charge in [-0.2, -0.15) is 0 Å². The molecule has 59 heavy (non-hydrogen) atoms. The zero-order valence-corrected chi connectivity index (χ0v) is 33.7. The van der Waals surface area contributed by atoms with Crippen molar-refractivity contribution in [3.63, 3.8) is 0 Å². The van der Waals surface area contributed by atoms with Gasteiger partial charge in [0.2, 0.25) is 11.8 Å². The van der Waals surface area contributed by atoms with E-state index < -0.39 is 35.6 Å². The third kappa shape index (κ3) is 10.2. The first-order valence-electron chi connectivity index (χ1n) is 18.6. The second-order valence-corrected chi connectivity index (χ2v) is 15.4. The van der Waals surface area contributed by atoms with E-state index in [2.05, 4.69) is 30.1 Å².